The van der Waals surface area contributed by atoms with Gasteiger partial charge in [0, 0.05) is 12.6 Å². The molecule has 0 amide bonds. The molecule has 0 N–H and O–H groups in total. The Hall–Kier alpha value is -2.04. The molecule has 1 aliphatic rings. The fourth-order valence-electron chi connectivity index (χ4n) is 3.10. The number of nitrogens with zero attached hydrogens (tertiary/aromatic N) is 1. The highest BCUT2D eigenvalue weighted by atomic mass is 19.1. The van der Waals surface area contributed by atoms with Crippen molar-refractivity contribution in [2.24, 2.45) is 0 Å². The van der Waals surface area contributed by atoms with E-state index in [0.29, 0.717) is 17.4 Å². The van der Waals surface area contributed by atoms with Gasteiger partial charge in [0.05, 0.1) is 19.4 Å². The quantitative estimate of drug-likeness (QED) is 0.599. The maximum atomic E-state index is 14.3. The molecule has 24 heavy (non-hydrogen) atoms. The summed E-state index contributed by atoms with van der Waals surface area (Å²) >= 11 is 0. The summed E-state index contributed by atoms with van der Waals surface area (Å²) in [6.45, 7) is 8.67. The monoisotopic (exact) mass is 335 g/mol. The lowest BCUT2D eigenvalue weighted by atomic mass is 9.94. The lowest BCUT2D eigenvalue weighted by Gasteiger charge is -2.36. The molecule has 4 nitrogen and oxygen atoms in total. The first-order valence-electron chi connectivity index (χ1n) is 8.42. The van der Waals surface area contributed by atoms with E-state index in [1.807, 2.05) is 6.07 Å². The predicted octanol–water partition coefficient (Wildman–Crippen LogP) is 4.12. The van der Waals surface area contributed by atoms with Gasteiger partial charge in [-0.3, -0.25) is 0 Å². The van der Waals surface area contributed by atoms with E-state index >= 15 is 0 Å². The number of aryl methyl sites for hydroxylation is 1. The number of methoxy groups -OCH3 is 1. The van der Waals surface area contributed by atoms with Gasteiger partial charge in [-0.25, -0.2) is 4.79 Å². The maximum Gasteiger partial charge on any atom is 0.367 e. The molecule has 0 saturated heterocycles. The smallest absolute Gasteiger partial charge is 0.367 e. The Morgan fingerprint density at radius 3 is 2.67 bits per heavy atom. The van der Waals surface area contributed by atoms with Crippen molar-refractivity contribution in [3.8, 4) is 5.75 Å². The van der Waals surface area contributed by atoms with Crippen molar-refractivity contribution in [3.63, 3.8) is 0 Å². The summed E-state index contributed by atoms with van der Waals surface area (Å²) in [7, 11) is 1.62. The molecule has 1 aromatic carbocycles. The number of carbonyl (C=O) groups excluding carboxylic acids is 1. The molecule has 1 aromatic rings. The molecule has 1 aliphatic heterocycles. The summed E-state index contributed by atoms with van der Waals surface area (Å²) in [5, 5.41) is 0. The van der Waals surface area contributed by atoms with Crippen LogP contribution in [0.5, 0.6) is 5.75 Å². The first kappa shape index (κ1) is 18.3. The standard InChI is InChI=1S/C19H26FNO3/c1-6-24-19(22)17(20)13(4)15-10-14-8-7-9-21(12(2)3)18(14)16(11-15)23-5/h10-12H,6-9H2,1-5H3. The van der Waals surface area contributed by atoms with Crippen LogP contribution in [0.4, 0.5) is 10.1 Å². The summed E-state index contributed by atoms with van der Waals surface area (Å²) in [5.74, 6) is -1.06. The molecule has 5 heteroatoms. The van der Waals surface area contributed by atoms with Crippen LogP contribution in [0.25, 0.3) is 5.57 Å². The zero-order valence-corrected chi connectivity index (χ0v) is 15.1. The Morgan fingerprint density at radius 2 is 2.08 bits per heavy atom. The van der Waals surface area contributed by atoms with Gasteiger partial charge in [0.1, 0.15) is 5.75 Å². The fraction of sp³-hybridized carbons (Fsp3) is 0.526. The van der Waals surface area contributed by atoms with Gasteiger partial charge in [-0.2, -0.15) is 4.39 Å². The second-order valence-corrected chi connectivity index (χ2v) is 6.24. The summed E-state index contributed by atoms with van der Waals surface area (Å²) in [4.78, 5) is 14.0. The number of ether oxygens (including phenoxy) is 2. The van der Waals surface area contributed by atoms with E-state index in [9.17, 15) is 9.18 Å². The molecule has 0 aliphatic carbocycles. The highest BCUT2D eigenvalue weighted by molar-refractivity contribution is 5.95. The molecular formula is C19H26FNO3. The SMILES string of the molecule is CCOC(=O)C(F)=C(C)c1cc2c(c(OC)c1)N(C(C)C)CCC2. The highest BCUT2D eigenvalue weighted by Gasteiger charge is 2.25. The molecule has 0 fully saturated rings. The Labute approximate surface area is 143 Å². The molecule has 2 rings (SSSR count). The molecule has 132 valence electrons. The van der Waals surface area contributed by atoms with Crippen LogP contribution in [0.3, 0.4) is 0 Å². The highest BCUT2D eigenvalue weighted by Crippen LogP contribution is 2.40. The number of rotatable bonds is 5. The van der Waals surface area contributed by atoms with E-state index in [-0.39, 0.29) is 12.2 Å². The van der Waals surface area contributed by atoms with Crippen molar-refractivity contribution < 1.29 is 18.7 Å². The average Bonchev–Trinajstić information content (AvgIpc) is 2.58. The normalized spacial score (nSPS) is 15.0. The Balaban J connectivity index is 2.52. The van der Waals surface area contributed by atoms with E-state index in [1.165, 1.54) is 0 Å². The molecule has 1 heterocycles. The predicted molar refractivity (Wildman–Crippen MR) is 94.1 cm³/mol. The van der Waals surface area contributed by atoms with Gasteiger partial charge in [-0.05, 0) is 69.4 Å². The van der Waals surface area contributed by atoms with Crippen LogP contribution < -0.4 is 9.64 Å². The molecule has 0 unspecified atom stereocenters. The van der Waals surface area contributed by atoms with Gasteiger partial charge in [0.15, 0.2) is 0 Å². The van der Waals surface area contributed by atoms with Gasteiger partial charge in [0.2, 0.25) is 5.83 Å². The fourth-order valence-corrected chi connectivity index (χ4v) is 3.10. The van der Waals surface area contributed by atoms with E-state index in [1.54, 1.807) is 27.0 Å². The van der Waals surface area contributed by atoms with Crippen molar-refractivity contribution in [3.05, 3.63) is 29.1 Å². The zero-order chi connectivity index (χ0) is 17.9. The van der Waals surface area contributed by atoms with Gasteiger partial charge in [0.25, 0.3) is 0 Å². The van der Waals surface area contributed by atoms with Crippen LogP contribution in [0.15, 0.2) is 18.0 Å². The summed E-state index contributed by atoms with van der Waals surface area (Å²) in [6, 6.07) is 4.12. The minimum Gasteiger partial charge on any atom is -0.495 e. The molecule has 0 saturated carbocycles. The van der Waals surface area contributed by atoms with Crippen molar-refractivity contribution in [2.75, 3.05) is 25.2 Å². The lowest BCUT2D eigenvalue weighted by molar-refractivity contribution is -0.140. The maximum absolute atomic E-state index is 14.3. The number of allylic oxidation sites excluding steroid dienone is 1. The van der Waals surface area contributed by atoms with E-state index in [4.69, 9.17) is 9.47 Å². The van der Waals surface area contributed by atoms with Crippen LogP contribution in [0, 0.1) is 0 Å². The number of esters is 1. The van der Waals surface area contributed by atoms with Gasteiger partial charge >= 0.3 is 5.97 Å². The second kappa shape index (κ2) is 7.69. The van der Waals surface area contributed by atoms with Crippen molar-refractivity contribution in [2.45, 2.75) is 46.6 Å². The molecule has 0 bridgehead atoms. The zero-order valence-electron chi connectivity index (χ0n) is 15.1. The van der Waals surface area contributed by atoms with E-state index in [2.05, 4.69) is 18.7 Å². The molecule has 0 aromatic heterocycles. The Kier molecular flexibility index (Phi) is 5.86. The number of hydrogen-bond acceptors (Lipinski definition) is 4. The van der Waals surface area contributed by atoms with Crippen LogP contribution in [-0.2, 0) is 16.0 Å². The summed E-state index contributed by atoms with van der Waals surface area (Å²) < 4.78 is 24.6. The lowest BCUT2D eigenvalue weighted by Crippen LogP contribution is -2.35. The second-order valence-electron chi connectivity index (χ2n) is 6.24. The average molecular weight is 335 g/mol. The van der Waals surface area contributed by atoms with Crippen LogP contribution in [-0.4, -0.2) is 32.3 Å². The third-order valence-electron chi connectivity index (χ3n) is 4.35. The Morgan fingerprint density at radius 1 is 1.38 bits per heavy atom. The third kappa shape index (κ3) is 3.55. The van der Waals surface area contributed by atoms with Gasteiger partial charge < -0.3 is 14.4 Å². The van der Waals surface area contributed by atoms with E-state index in [0.717, 1.165) is 30.6 Å². The van der Waals surface area contributed by atoms with E-state index < -0.39 is 11.8 Å². The number of halogens is 1. The van der Waals surface area contributed by atoms with Crippen molar-refractivity contribution >= 4 is 17.2 Å². The topological polar surface area (TPSA) is 38.8 Å². The molecular weight excluding hydrogens is 309 g/mol. The van der Waals surface area contributed by atoms with Crippen LogP contribution in [0.2, 0.25) is 0 Å². The van der Waals surface area contributed by atoms with Crippen molar-refractivity contribution in [1.82, 2.24) is 0 Å². The minimum atomic E-state index is -0.921. The number of fused-ring (bicyclic) bond motifs is 1. The molecule has 0 radical (unpaired) electrons. The number of hydrogen-bond donors (Lipinski definition) is 0. The number of benzene rings is 1. The minimum absolute atomic E-state index is 0.149. The molecule has 0 atom stereocenters. The number of anilines is 1. The largest absolute Gasteiger partial charge is 0.495 e. The third-order valence-corrected chi connectivity index (χ3v) is 4.35. The van der Waals surface area contributed by atoms with Crippen LogP contribution in [0.1, 0.15) is 45.2 Å². The first-order chi connectivity index (χ1) is 11.4. The Bertz CT molecular complexity index is 635. The van der Waals surface area contributed by atoms with Gasteiger partial charge in [-0.15, -0.1) is 0 Å². The van der Waals surface area contributed by atoms with Crippen LogP contribution >= 0.6 is 0 Å². The summed E-state index contributed by atoms with van der Waals surface area (Å²) in [5.41, 5.74) is 3.13. The summed E-state index contributed by atoms with van der Waals surface area (Å²) in [6.07, 6.45) is 1.96. The van der Waals surface area contributed by atoms with Gasteiger partial charge in [-0.1, -0.05) is 0 Å². The first-order valence-corrected chi connectivity index (χ1v) is 8.42. The molecule has 0 spiro atoms. The number of carbonyl (C=O) groups is 1. The van der Waals surface area contributed by atoms with Crippen molar-refractivity contribution in [1.29, 1.82) is 0 Å².